The van der Waals surface area contributed by atoms with E-state index in [9.17, 15) is 4.79 Å². The zero-order chi connectivity index (χ0) is 10.4. The fourth-order valence-corrected chi connectivity index (χ4v) is 0.990. The van der Waals surface area contributed by atoms with Crippen LogP contribution in [0, 0.1) is 5.92 Å². The summed E-state index contributed by atoms with van der Waals surface area (Å²) in [4.78, 5) is 11.3. The van der Waals surface area contributed by atoms with E-state index >= 15 is 0 Å². The second kappa shape index (κ2) is 5.54. The topological polar surface area (TPSA) is 54.9 Å². The molecule has 1 N–H and O–H groups in total. The minimum absolute atomic E-state index is 0.0642. The molecule has 0 aliphatic heterocycles. The number of hydrogen-bond acceptors (Lipinski definition) is 3. The Balaban J connectivity index is 2.38. The largest absolute Gasteiger partial charge is 0.350 e. The fraction of sp³-hybridized carbons (Fsp3) is 0.444. The van der Waals surface area contributed by atoms with Crippen LogP contribution in [0.2, 0.25) is 0 Å². The smallest absolute Gasteiger partial charge is 0.224 e. The van der Waals surface area contributed by atoms with E-state index in [1.807, 2.05) is 0 Å². The second-order valence-corrected chi connectivity index (χ2v) is 3.30. The maximum atomic E-state index is 11.3. The van der Waals surface area contributed by atoms with Gasteiger partial charge in [0.15, 0.2) is 0 Å². The molecule has 1 heterocycles. The predicted molar refractivity (Wildman–Crippen MR) is 53.8 cm³/mol. The highest BCUT2D eigenvalue weighted by Crippen LogP contribution is 1.98. The molecule has 1 aromatic heterocycles. The summed E-state index contributed by atoms with van der Waals surface area (Å²) in [5, 5.41) is 10.3. The molecule has 1 atom stereocenters. The van der Waals surface area contributed by atoms with Gasteiger partial charge in [-0.05, 0) is 12.1 Å². The van der Waals surface area contributed by atoms with Crippen molar-refractivity contribution in [1.82, 2.24) is 15.5 Å². The fourth-order valence-electron chi connectivity index (χ4n) is 0.850. The number of halogens is 1. The van der Waals surface area contributed by atoms with Gasteiger partial charge in [-0.3, -0.25) is 4.79 Å². The minimum atomic E-state index is -0.173. The van der Waals surface area contributed by atoms with Gasteiger partial charge in [0.1, 0.15) is 0 Å². The molecular formula is C9H12ClN3O. The summed E-state index contributed by atoms with van der Waals surface area (Å²) in [7, 11) is 0. The Kier molecular flexibility index (Phi) is 4.32. The molecule has 14 heavy (non-hydrogen) atoms. The Morgan fingerprint density at radius 2 is 2.50 bits per heavy atom. The number of amides is 1. The van der Waals surface area contributed by atoms with Gasteiger partial charge in [0.2, 0.25) is 5.91 Å². The molecule has 0 fully saturated rings. The highest BCUT2D eigenvalue weighted by molar-refractivity contribution is 6.19. The number of carbonyl (C=O) groups is 1. The third-order valence-electron chi connectivity index (χ3n) is 1.75. The molecule has 1 unspecified atom stereocenters. The molecular weight excluding hydrogens is 202 g/mol. The first-order valence-electron chi connectivity index (χ1n) is 4.34. The number of nitrogens with zero attached hydrogens (tertiary/aromatic N) is 2. The average Bonchev–Trinajstić information content (AvgIpc) is 2.26. The van der Waals surface area contributed by atoms with Crippen LogP contribution in [-0.2, 0) is 11.3 Å². The zero-order valence-corrected chi connectivity index (χ0v) is 8.66. The van der Waals surface area contributed by atoms with Gasteiger partial charge in [0.25, 0.3) is 0 Å². The number of carbonyl (C=O) groups excluding carboxylic acids is 1. The van der Waals surface area contributed by atoms with Gasteiger partial charge in [0.05, 0.1) is 12.2 Å². The van der Waals surface area contributed by atoms with Crippen molar-refractivity contribution in [2.24, 2.45) is 5.92 Å². The molecule has 1 amide bonds. The summed E-state index contributed by atoms with van der Waals surface area (Å²) >= 11 is 5.54. The van der Waals surface area contributed by atoms with E-state index in [4.69, 9.17) is 11.6 Å². The maximum absolute atomic E-state index is 11.3. The van der Waals surface area contributed by atoms with Crippen LogP contribution >= 0.6 is 11.6 Å². The molecule has 0 saturated carbocycles. The number of rotatable bonds is 4. The van der Waals surface area contributed by atoms with Crippen LogP contribution in [0.1, 0.15) is 12.6 Å². The molecule has 0 bridgehead atoms. The molecule has 4 nitrogen and oxygen atoms in total. The van der Waals surface area contributed by atoms with Crippen LogP contribution in [0.4, 0.5) is 0 Å². The lowest BCUT2D eigenvalue weighted by molar-refractivity contribution is -0.124. The van der Waals surface area contributed by atoms with Gasteiger partial charge in [-0.2, -0.15) is 10.2 Å². The Morgan fingerprint density at radius 1 is 1.71 bits per heavy atom. The van der Waals surface area contributed by atoms with E-state index in [-0.39, 0.29) is 11.8 Å². The number of nitrogens with one attached hydrogen (secondary N) is 1. The van der Waals surface area contributed by atoms with E-state index in [1.54, 1.807) is 25.3 Å². The summed E-state index contributed by atoms with van der Waals surface area (Å²) < 4.78 is 0. The Labute approximate surface area is 87.7 Å². The Hall–Kier alpha value is -1.16. The quantitative estimate of drug-likeness (QED) is 0.759. The van der Waals surface area contributed by atoms with Gasteiger partial charge in [-0.15, -0.1) is 11.6 Å². The number of hydrogen-bond donors (Lipinski definition) is 1. The molecule has 5 heteroatoms. The second-order valence-electron chi connectivity index (χ2n) is 2.99. The first-order chi connectivity index (χ1) is 6.74. The molecule has 0 aromatic carbocycles. The van der Waals surface area contributed by atoms with Crippen molar-refractivity contribution in [1.29, 1.82) is 0 Å². The first kappa shape index (κ1) is 10.9. The zero-order valence-electron chi connectivity index (χ0n) is 7.90. The van der Waals surface area contributed by atoms with E-state index in [2.05, 4.69) is 15.5 Å². The van der Waals surface area contributed by atoms with Crippen molar-refractivity contribution >= 4 is 17.5 Å². The lowest BCUT2D eigenvalue weighted by Gasteiger charge is -2.07. The van der Waals surface area contributed by atoms with E-state index in [1.165, 1.54) is 0 Å². The van der Waals surface area contributed by atoms with Gasteiger partial charge in [0, 0.05) is 18.0 Å². The summed E-state index contributed by atoms with van der Waals surface area (Å²) in [6.07, 6.45) is 1.59. The summed E-state index contributed by atoms with van der Waals surface area (Å²) in [6.45, 7) is 2.17. The molecule has 0 radical (unpaired) electrons. The molecule has 1 aromatic rings. The standard InChI is InChI=1S/C9H12ClN3O/c1-7(5-10)9(14)11-6-8-3-2-4-12-13-8/h2-4,7H,5-6H2,1H3,(H,11,14). The highest BCUT2D eigenvalue weighted by Gasteiger charge is 2.10. The van der Waals surface area contributed by atoms with Crippen molar-refractivity contribution in [3.8, 4) is 0 Å². The van der Waals surface area contributed by atoms with Crippen LogP contribution < -0.4 is 5.32 Å². The van der Waals surface area contributed by atoms with Gasteiger partial charge in [-0.25, -0.2) is 0 Å². The van der Waals surface area contributed by atoms with Crippen LogP contribution in [-0.4, -0.2) is 22.0 Å². The van der Waals surface area contributed by atoms with Crippen molar-refractivity contribution in [3.63, 3.8) is 0 Å². The normalized spacial score (nSPS) is 12.1. The highest BCUT2D eigenvalue weighted by atomic mass is 35.5. The van der Waals surface area contributed by atoms with E-state index in [0.29, 0.717) is 12.4 Å². The van der Waals surface area contributed by atoms with Crippen LogP contribution in [0.25, 0.3) is 0 Å². The van der Waals surface area contributed by atoms with Crippen LogP contribution in [0.15, 0.2) is 18.3 Å². The van der Waals surface area contributed by atoms with Crippen molar-refractivity contribution in [2.45, 2.75) is 13.5 Å². The summed E-state index contributed by atoms with van der Waals surface area (Å²) in [6, 6.07) is 3.58. The summed E-state index contributed by atoms with van der Waals surface area (Å²) in [5.41, 5.74) is 0.739. The van der Waals surface area contributed by atoms with Gasteiger partial charge >= 0.3 is 0 Å². The number of aromatic nitrogens is 2. The molecule has 0 aliphatic rings. The molecule has 0 spiro atoms. The third-order valence-corrected chi connectivity index (χ3v) is 2.21. The van der Waals surface area contributed by atoms with Crippen LogP contribution in [0.3, 0.4) is 0 Å². The first-order valence-corrected chi connectivity index (χ1v) is 4.87. The Bertz CT molecular complexity index is 291. The minimum Gasteiger partial charge on any atom is -0.350 e. The van der Waals surface area contributed by atoms with Crippen LogP contribution in [0.5, 0.6) is 0 Å². The lowest BCUT2D eigenvalue weighted by atomic mass is 10.2. The lowest BCUT2D eigenvalue weighted by Crippen LogP contribution is -2.29. The number of alkyl halides is 1. The average molecular weight is 214 g/mol. The SMILES string of the molecule is CC(CCl)C(=O)NCc1cccnn1. The van der Waals surface area contributed by atoms with Crippen molar-refractivity contribution in [3.05, 3.63) is 24.0 Å². The van der Waals surface area contributed by atoms with Crippen molar-refractivity contribution < 1.29 is 4.79 Å². The molecule has 0 saturated heterocycles. The van der Waals surface area contributed by atoms with Gasteiger partial charge in [-0.1, -0.05) is 6.92 Å². The molecule has 0 aliphatic carbocycles. The van der Waals surface area contributed by atoms with Crippen molar-refractivity contribution in [2.75, 3.05) is 5.88 Å². The van der Waals surface area contributed by atoms with E-state index in [0.717, 1.165) is 5.69 Å². The third kappa shape index (κ3) is 3.30. The monoisotopic (exact) mass is 213 g/mol. The Morgan fingerprint density at radius 3 is 3.07 bits per heavy atom. The molecule has 76 valence electrons. The van der Waals surface area contributed by atoms with E-state index < -0.39 is 0 Å². The molecule has 1 rings (SSSR count). The predicted octanol–water partition coefficient (Wildman–Crippen LogP) is 0.968. The summed E-state index contributed by atoms with van der Waals surface area (Å²) in [5.74, 6) is 0.0887. The van der Waals surface area contributed by atoms with Gasteiger partial charge < -0.3 is 5.32 Å². The maximum Gasteiger partial charge on any atom is 0.224 e.